The topological polar surface area (TPSA) is 26.3 Å². The van der Waals surface area contributed by atoms with Crippen LogP contribution in [0, 0.1) is 12.7 Å². The largest absolute Gasteiger partial charge is 0.462 e. The molecule has 0 spiro atoms. The standard InChI is InChI=1S/C12H15FO2/c1-3-4-8-15-12(14)10-7-5-6-9(2)11(10)13/h5-7H,3-4,8H2,1-2H3. The summed E-state index contributed by atoms with van der Waals surface area (Å²) in [7, 11) is 0. The molecule has 0 aromatic heterocycles. The number of rotatable bonds is 4. The molecule has 0 aliphatic carbocycles. The quantitative estimate of drug-likeness (QED) is 0.564. The van der Waals surface area contributed by atoms with Crippen molar-refractivity contribution in [3.63, 3.8) is 0 Å². The molecule has 0 heterocycles. The molecule has 0 bridgehead atoms. The molecule has 1 aromatic rings. The Labute approximate surface area is 89.1 Å². The molecule has 82 valence electrons. The first-order valence-electron chi connectivity index (χ1n) is 5.09. The van der Waals surface area contributed by atoms with Gasteiger partial charge >= 0.3 is 5.97 Å². The van der Waals surface area contributed by atoms with Gasteiger partial charge < -0.3 is 4.74 Å². The second-order valence-corrected chi connectivity index (χ2v) is 3.43. The highest BCUT2D eigenvalue weighted by molar-refractivity contribution is 5.89. The van der Waals surface area contributed by atoms with Crippen molar-refractivity contribution in [1.82, 2.24) is 0 Å². The number of hydrogen-bond donors (Lipinski definition) is 0. The number of unbranched alkanes of at least 4 members (excludes halogenated alkanes) is 1. The van der Waals surface area contributed by atoms with Crippen LogP contribution in [0.25, 0.3) is 0 Å². The van der Waals surface area contributed by atoms with Gasteiger partial charge in [-0.3, -0.25) is 0 Å². The number of carbonyl (C=O) groups is 1. The first kappa shape index (κ1) is 11.7. The van der Waals surface area contributed by atoms with Crippen LogP contribution < -0.4 is 0 Å². The van der Waals surface area contributed by atoms with Gasteiger partial charge in [-0.1, -0.05) is 25.5 Å². The van der Waals surface area contributed by atoms with Crippen molar-refractivity contribution in [3.8, 4) is 0 Å². The second-order valence-electron chi connectivity index (χ2n) is 3.43. The molecule has 0 fully saturated rings. The van der Waals surface area contributed by atoms with Crippen LogP contribution in [-0.2, 0) is 4.74 Å². The van der Waals surface area contributed by atoms with Gasteiger partial charge in [0, 0.05) is 0 Å². The number of hydrogen-bond acceptors (Lipinski definition) is 2. The van der Waals surface area contributed by atoms with Crippen LogP contribution >= 0.6 is 0 Å². The lowest BCUT2D eigenvalue weighted by Gasteiger charge is -2.05. The monoisotopic (exact) mass is 210 g/mol. The third-order valence-corrected chi connectivity index (χ3v) is 2.14. The second kappa shape index (κ2) is 5.49. The zero-order valence-corrected chi connectivity index (χ0v) is 9.05. The summed E-state index contributed by atoms with van der Waals surface area (Å²) in [6.45, 7) is 3.97. The van der Waals surface area contributed by atoms with E-state index in [0.29, 0.717) is 12.2 Å². The van der Waals surface area contributed by atoms with Gasteiger partial charge in [0.15, 0.2) is 0 Å². The Balaban J connectivity index is 2.69. The van der Waals surface area contributed by atoms with E-state index in [1.807, 2.05) is 6.92 Å². The Kier molecular flexibility index (Phi) is 4.28. The number of carbonyl (C=O) groups excluding carboxylic acids is 1. The summed E-state index contributed by atoms with van der Waals surface area (Å²) >= 11 is 0. The number of halogens is 1. The van der Waals surface area contributed by atoms with E-state index < -0.39 is 11.8 Å². The van der Waals surface area contributed by atoms with Crippen LogP contribution in [0.2, 0.25) is 0 Å². The van der Waals surface area contributed by atoms with Gasteiger partial charge in [-0.25, -0.2) is 9.18 Å². The summed E-state index contributed by atoms with van der Waals surface area (Å²) in [5.74, 6) is -1.07. The van der Waals surface area contributed by atoms with Crippen molar-refractivity contribution >= 4 is 5.97 Å². The minimum atomic E-state index is -0.579. The predicted molar refractivity (Wildman–Crippen MR) is 56.3 cm³/mol. The molecule has 0 radical (unpaired) electrons. The summed E-state index contributed by atoms with van der Waals surface area (Å²) < 4.78 is 18.4. The molecule has 0 aliphatic heterocycles. The van der Waals surface area contributed by atoms with Crippen molar-refractivity contribution in [3.05, 3.63) is 35.1 Å². The highest BCUT2D eigenvalue weighted by atomic mass is 19.1. The van der Waals surface area contributed by atoms with E-state index in [0.717, 1.165) is 12.8 Å². The molecular weight excluding hydrogens is 195 g/mol. The van der Waals surface area contributed by atoms with Crippen molar-refractivity contribution < 1.29 is 13.9 Å². The van der Waals surface area contributed by atoms with Gasteiger partial charge in [-0.15, -0.1) is 0 Å². The normalized spacial score (nSPS) is 10.1. The smallest absolute Gasteiger partial charge is 0.341 e. The molecule has 1 aromatic carbocycles. The van der Waals surface area contributed by atoms with Crippen LogP contribution in [0.15, 0.2) is 18.2 Å². The summed E-state index contributed by atoms with van der Waals surface area (Å²) in [6.07, 6.45) is 1.75. The lowest BCUT2D eigenvalue weighted by Crippen LogP contribution is -2.09. The van der Waals surface area contributed by atoms with Crippen LogP contribution in [0.4, 0.5) is 4.39 Å². The van der Waals surface area contributed by atoms with Crippen molar-refractivity contribution in [2.75, 3.05) is 6.61 Å². The molecule has 1 rings (SSSR count). The number of aryl methyl sites for hydroxylation is 1. The van der Waals surface area contributed by atoms with Gasteiger partial charge in [0.05, 0.1) is 12.2 Å². The number of ether oxygens (including phenoxy) is 1. The Morgan fingerprint density at radius 3 is 2.87 bits per heavy atom. The maximum absolute atomic E-state index is 13.5. The van der Waals surface area contributed by atoms with E-state index in [-0.39, 0.29) is 5.56 Å². The first-order chi connectivity index (χ1) is 7.16. The molecule has 0 atom stereocenters. The molecule has 0 amide bonds. The highest BCUT2D eigenvalue weighted by Crippen LogP contribution is 2.13. The Bertz CT molecular complexity index is 347. The first-order valence-corrected chi connectivity index (χ1v) is 5.09. The van der Waals surface area contributed by atoms with E-state index in [4.69, 9.17) is 4.74 Å². The zero-order valence-electron chi connectivity index (χ0n) is 9.05. The number of esters is 1. The fourth-order valence-electron chi connectivity index (χ4n) is 1.19. The van der Waals surface area contributed by atoms with E-state index >= 15 is 0 Å². The van der Waals surface area contributed by atoms with E-state index in [1.165, 1.54) is 6.07 Å². The summed E-state index contributed by atoms with van der Waals surface area (Å²) in [4.78, 5) is 11.4. The number of benzene rings is 1. The minimum absolute atomic E-state index is 0.0195. The van der Waals surface area contributed by atoms with Crippen LogP contribution in [0.5, 0.6) is 0 Å². The minimum Gasteiger partial charge on any atom is -0.462 e. The molecular formula is C12H15FO2. The Morgan fingerprint density at radius 2 is 2.20 bits per heavy atom. The third kappa shape index (κ3) is 3.05. The maximum atomic E-state index is 13.5. The summed E-state index contributed by atoms with van der Waals surface area (Å²) in [5, 5.41) is 0. The molecule has 0 aliphatic rings. The highest BCUT2D eigenvalue weighted by Gasteiger charge is 2.13. The van der Waals surface area contributed by atoms with Gasteiger partial charge in [-0.2, -0.15) is 0 Å². The average molecular weight is 210 g/mol. The van der Waals surface area contributed by atoms with E-state index in [1.54, 1.807) is 19.1 Å². The third-order valence-electron chi connectivity index (χ3n) is 2.14. The lowest BCUT2D eigenvalue weighted by atomic mass is 10.1. The van der Waals surface area contributed by atoms with Gasteiger partial charge in [0.2, 0.25) is 0 Å². The van der Waals surface area contributed by atoms with Crippen LogP contribution in [0.1, 0.15) is 35.7 Å². The van der Waals surface area contributed by atoms with Crippen LogP contribution in [-0.4, -0.2) is 12.6 Å². The molecule has 0 unspecified atom stereocenters. The SMILES string of the molecule is CCCCOC(=O)c1cccc(C)c1F. The summed E-state index contributed by atoms with van der Waals surface area (Å²) in [5.41, 5.74) is 0.478. The lowest BCUT2D eigenvalue weighted by molar-refractivity contribution is 0.0494. The van der Waals surface area contributed by atoms with Gasteiger partial charge in [0.1, 0.15) is 5.82 Å². The van der Waals surface area contributed by atoms with Gasteiger partial charge in [-0.05, 0) is 25.0 Å². The van der Waals surface area contributed by atoms with E-state index in [2.05, 4.69) is 0 Å². The molecule has 0 N–H and O–H groups in total. The Morgan fingerprint density at radius 1 is 1.47 bits per heavy atom. The Hall–Kier alpha value is -1.38. The molecule has 15 heavy (non-hydrogen) atoms. The van der Waals surface area contributed by atoms with Gasteiger partial charge in [0.25, 0.3) is 0 Å². The predicted octanol–water partition coefficient (Wildman–Crippen LogP) is 3.09. The summed E-state index contributed by atoms with van der Waals surface area (Å²) in [6, 6.07) is 4.71. The fraction of sp³-hybridized carbons (Fsp3) is 0.417. The molecule has 3 heteroatoms. The van der Waals surface area contributed by atoms with Crippen molar-refractivity contribution in [1.29, 1.82) is 0 Å². The van der Waals surface area contributed by atoms with Crippen molar-refractivity contribution in [2.24, 2.45) is 0 Å². The average Bonchev–Trinajstić information content (AvgIpc) is 2.22. The van der Waals surface area contributed by atoms with E-state index in [9.17, 15) is 9.18 Å². The van der Waals surface area contributed by atoms with Crippen LogP contribution in [0.3, 0.4) is 0 Å². The van der Waals surface area contributed by atoms with Crippen molar-refractivity contribution in [2.45, 2.75) is 26.7 Å². The molecule has 0 saturated carbocycles. The maximum Gasteiger partial charge on any atom is 0.341 e. The molecule has 2 nitrogen and oxygen atoms in total. The molecule has 0 saturated heterocycles. The zero-order chi connectivity index (χ0) is 11.3. The fourth-order valence-corrected chi connectivity index (χ4v) is 1.19.